The normalized spacial score (nSPS) is 10.9. The van der Waals surface area contributed by atoms with Gasteiger partial charge in [0.25, 0.3) is 0 Å². The van der Waals surface area contributed by atoms with Crippen LogP contribution in [-0.4, -0.2) is 4.98 Å². The molecule has 2 nitrogen and oxygen atoms in total. The molecule has 0 bridgehead atoms. The Bertz CT molecular complexity index is 729. The minimum atomic E-state index is -0.254. The highest BCUT2D eigenvalue weighted by Gasteiger charge is 2.09. The third-order valence-electron chi connectivity index (χ3n) is 3.00. The number of thiazole rings is 1. The summed E-state index contributed by atoms with van der Waals surface area (Å²) in [6, 6.07) is 11.2. The number of hydrogen-bond donors (Lipinski definition) is 1. The fraction of sp³-hybridized carbons (Fsp3) is 0.133. The molecule has 2 aromatic carbocycles. The molecular weight excluding hydrogens is 259 g/mol. The van der Waals surface area contributed by atoms with Gasteiger partial charge < -0.3 is 5.32 Å². The predicted molar refractivity (Wildman–Crippen MR) is 78.8 cm³/mol. The highest BCUT2D eigenvalue weighted by atomic mass is 32.1. The molecule has 0 radical (unpaired) electrons. The van der Waals surface area contributed by atoms with E-state index in [0.29, 0.717) is 10.8 Å². The molecule has 3 aromatic rings. The van der Waals surface area contributed by atoms with Gasteiger partial charge in [-0.15, -0.1) is 0 Å². The van der Waals surface area contributed by atoms with Crippen molar-refractivity contribution < 1.29 is 4.39 Å². The Morgan fingerprint density at radius 2 is 2.00 bits per heavy atom. The van der Waals surface area contributed by atoms with E-state index in [4.69, 9.17) is 0 Å². The van der Waals surface area contributed by atoms with Gasteiger partial charge >= 0.3 is 0 Å². The van der Waals surface area contributed by atoms with Crippen molar-refractivity contribution in [3.05, 3.63) is 53.3 Å². The molecule has 0 spiro atoms. The molecule has 4 heteroatoms. The molecule has 0 amide bonds. The largest absolute Gasteiger partial charge is 0.329 e. The van der Waals surface area contributed by atoms with Gasteiger partial charge in [0.15, 0.2) is 5.13 Å². The molecule has 0 saturated heterocycles. The first kappa shape index (κ1) is 12.1. The van der Waals surface area contributed by atoms with Crippen LogP contribution >= 0.6 is 11.3 Å². The second-order valence-electron chi connectivity index (χ2n) is 4.55. The van der Waals surface area contributed by atoms with Gasteiger partial charge in [0.05, 0.1) is 15.9 Å². The summed E-state index contributed by atoms with van der Waals surface area (Å²) in [5, 5.41) is 3.80. The van der Waals surface area contributed by atoms with Gasteiger partial charge in [-0.25, -0.2) is 9.37 Å². The van der Waals surface area contributed by atoms with E-state index < -0.39 is 0 Å². The maximum atomic E-state index is 13.8. The molecule has 0 unspecified atom stereocenters. The third kappa shape index (κ3) is 2.31. The number of hydrogen-bond acceptors (Lipinski definition) is 3. The fourth-order valence-corrected chi connectivity index (χ4v) is 2.84. The van der Waals surface area contributed by atoms with Crippen LogP contribution in [0.15, 0.2) is 36.4 Å². The van der Waals surface area contributed by atoms with E-state index in [2.05, 4.69) is 16.4 Å². The van der Waals surface area contributed by atoms with Gasteiger partial charge in [0.2, 0.25) is 0 Å². The van der Waals surface area contributed by atoms with E-state index >= 15 is 0 Å². The first-order valence-corrected chi connectivity index (χ1v) is 6.84. The number of anilines is 2. The van der Waals surface area contributed by atoms with Crippen LogP contribution in [0.1, 0.15) is 11.1 Å². The number of nitrogens with one attached hydrogen (secondary N) is 1. The van der Waals surface area contributed by atoms with Crippen LogP contribution < -0.4 is 5.32 Å². The van der Waals surface area contributed by atoms with E-state index in [1.807, 2.05) is 32.0 Å². The molecule has 0 saturated carbocycles. The van der Waals surface area contributed by atoms with Crippen LogP contribution in [0.3, 0.4) is 0 Å². The lowest BCUT2D eigenvalue weighted by molar-refractivity contribution is 0.631. The number of aryl methyl sites for hydroxylation is 2. The minimum absolute atomic E-state index is 0.254. The zero-order valence-corrected chi connectivity index (χ0v) is 11.5. The average molecular weight is 272 g/mol. The summed E-state index contributed by atoms with van der Waals surface area (Å²) in [4.78, 5) is 4.49. The number of nitrogens with zero attached hydrogens (tertiary/aromatic N) is 1. The van der Waals surface area contributed by atoms with Gasteiger partial charge in [-0.1, -0.05) is 29.5 Å². The second kappa shape index (κ2) is 4.63. The molecule has 0 aliphatic carbocycles. The number of rotatable bonds is 2. The van der Waals surface area contributed by atoms with Crippen molar-refractivity contribution >= 4 is 32.4 Å². The quantitative estimate of drug-likeness (QED) is 0.725. The van der Waals surface area contributed by atoms with Crippen molar-refractivity contribution in [3.8, 4) is 0 Å². The van der Waals surface area contributed by atoms with E-state index in [0.717, 1.165) is 15.8 Å². The van der Waals surface area contributed by atoms with Crippen LogP contribution in [0, 0.1) is 19.7 Å². The lowest BCUT2D eigenvalue weighted by atomic mass is 10.2. The van der Waals surface area contributed by atoms with Gasteiger partial charge in [-0.3, -0.25) is 0 Å². The highest BCUT2D eigenvalue weighted by Crippen LogP contribution is 2.30. The zero-order valence-electron chi connectivity index (χ0n) is 10.7. The van der Waals surface area contributed by atoms with Gasteiger partial charge in [0, 0.05) is 0 Å². The number of benzene rings is 2. The molecule has 0 aliphatic heterocycles. The number of para-hydroxylation sites is 1. The number of fused-ring (bicyclic) bond motifs is 1. The van der Waals surface area contributed by atoms with Gasteiger partial charge in [-0.2, -0.15) is 0 Å². The van der Waals surface area contributed by atoms with Gasteiger partial charge in [-0.05, 0) is 43.2 Å². The summed E-state index contributed by atoms with van der Waals surface area (Å²) in [6.45, 7) is 3.91. The van der Waals surface area contributed by atoms with Crippen LogP contribution in [-0.2, 0) is 0 Å². The molecule has 1 heterocycles. The first-order valence-electron chi connectivity index (χ1n) is 6.03. The summed E-state index contributed by atoms with van der Waals surface area (Å²) in [6.07, 6.45) is 0. The Morgan fingerprint density at radius 3 is 2.79 bits per heavy atom. The summed E-state index contributed by atoms with van der Waals surface area (Å²) in [7, 11) is 0. The molecule has 1 N–H and O–H groups in total. The summed E-state index contributed by atoms with van der Waals surface area (Å²) in [5.41, 5.74) is 3.49. The summed E-state index contributed by atoms with van der Waals surface area (Å²) in [5.74, 6) is -0.254. The molecule has 0 fully saturated rings. The maximum absolute atomic E-state index is 13.8. The fourth-order valence-electron chi connectivity index (χ4n) is 1.99. The van der Waals surface area contributed by atoms with E-state index in [1.165, 1.54) is 23.0 Å². The van der Waals surface area contributed by atoms with Crippen molar-refractivity contribution in [1.82, 2.24) is 4.98 Å². The lowest BCUT2D eigenvalue weighted by Gasteiger charge is -2.07. The van der Waals surface area contributed by atoms with Crippen molar-refractivity contribution in [2.24, 2.45) is 0 Å². The van der Waals surface area contributed by atoms with Crippen LogP contribution in [0.2, 0.25) is 0 Å². The van der Waals surface area contributed by atoms with Gasteiger partial charge in [0.1, 0.15) is 5.82 Å². The Morgan fingerprint density at radius 1 is 1.16 bits per heavy atom. The first-order chi connectivity index (χ1) is 9.13. The van der Waals surface area contributed by atoms with Crippen molar-refractivity contribution in [3.63, 3.8) is 0 Å². The highest BCUT2D eigenvalue weighted by molar-refractivity contribution is 7.22. The molecule has 3 rings (SSSR count). The molecule has 0 atom stereocenters. The van der Waals surface area contributed by atoms with Crippen LogP contribution in [0.5, 0.6) is 0 Å². The maximum Gasteiger partial charge on any atom is 0.188 e. The van der Waals surface area contributed by atoms with Crippen molar-refractivity contribution in [2.45, 2.75) is 13.8 Å². The Hall–Kier alpha value is -1.94. The zero-order chi connectivity index (χ0) is 13.4. The monoisotopic (exact) mass is 272 g/mol. The number of halogens is 1. The smallest absolute Gasteiger partial charge is 0.188 e. The minimum Gasteiger partial charge on any atom is -0.329 e. The summed E-state index contributed by atoms with van der Waals surface area (Å²) >= 11 is 1.53. The van der Waals surface area contributed by atoms with E-state index in [1.54, 1.807) is 6.07 Å². The van der Waals surface area contributed by atoms with Crippen LogP contribution in [0.4, 0.5) is 15.2 Å². The van der Waals surface area contributed by atoms with Crippen LogP contribution in [0.25, 0.3) is 10.2 Å². The molecule has 96 valence electrons. The van der Waals surface area contributed by atoms with E-state index in [-0.39, 0.29) is 5.82 Å². The van der Waals surface area contributed by atoms with Crippen molar-refractivity contribution in [2.75, 3.05) is 5.32 Å². The molecule has 19 heavy (non-hydrogen) atoms. The molecule has 0 aliphatic rings. The summed E-state index contributed by atoms with van der Waals surface area (Å²) < 4.78 is 14.9. The third-order valence-corrected chi connectivity index (χ3v) is 3.95. The number of aromatic nitrogens is 1. The average Bonchev–Trinajstić information content (AvgIpc) is 2.75. The second-order valence-corrected chi connectivity index (χ2v) is 5.58. The Labute approximate surface area is 114 Å². The van der Waals surface area contributed by atoms with Crippen molar-refractivity contribution in [1.29, 1.82) is 0 Å². The molecular formula is C15H13FN2S. The Balaban J connectivity index is 2.01. The predicted octanol–water partition coefficient (Wildman–Crippen LogP) is 4.80. The van der Waals surface area contributed by atoms with E-state index in [9.17, 15) is 4.39 Å². The molecule has 1 aromatic heterocycles. The Kier molecular flexibility index (Phi) is 2.95. The standard InChI is InChI=1S/C15H13FN2S/c1-9-6-7-13-12(8-9)17-15(19-13)18-14-10(2)4-3-5-11(14)16/h3-8H,1-2H3,(H,17,18). The lowest BCUT2D eigenvalue weighted by Crippen LogP contribution is -1.95. The SMILES string of the molecule is Cc1ccc2sc(Nc3c(C)cccc3F)nc2c1. The topological polar surface area (TPSA) is 24.9 Å².